The van der Waals surface area contributed by atoms with Crippen LogP contribution in [0.4, 0.5) is 4.79 Å². The molecular formula is C16H22N2O4S. The maximum Gasteiger partial charge on any atom is 0.410 e. The Morgan fingerprint density at radius 2 is 2.26 bits per heavy atom. The number of carbonyl (C=O) groups excluding carboxylic acids is 2. The van der Waals surface area contributed by atoms with E-state index >= 15 is 0 Å². The van der Waals surface area contributed by atoms with Crippen molar-refractivity contribution in [3.63, 3.8) is 0 Å². The highest BCUT2D eigenvalue weighted by Gasteiger charge is 2.35. The van der Waals surface area contributed by atoms with E-state index in [4.69, 9.17) is 9.47 Å². The third-order valence-corrected chi connectivity index (χ3v) is 4.18. The summed E-state index contributed by atoms with van der Waals surface area (Å²) in [6.45, 7) is 9.81. The van der Waals surface area contributed by atoms with Gasteiger partial charge in [-0.05, 0) is 33.6 Å². The van der Waals surface area contributed by atoms with E-state index in [9.17, 15) is 9.59 Å². The Kier molecular flexibility index (Phi) is 5.41. The van der Waals surface area contributed by atoms with E-state index in [1.54, 1.807) is 10.3 Å². The van der Waals surface area contributed by atoms with Gasteiger partial charge in [-0.25, -0.2) is 14.6 Å². The average Bonchev–Trinajstić information content (AvgIpc) is 3.10. The molecule has 1 amide bonds. The van der Waals surface area contributed by atoms with Crippen LogP contribution in [-0.4, -0.2) is 40.7 Å². The molecule has 2 heterocycles. The number of hydrogen-bond donors (Lipinski definition) is 0. The van der Waals surface area contributed by atoms with Gasteiger partial charge in [-0.1, -0.05) is 12.7 Å². The third kappa shape index (κ3) is 4.54. The van der Waals surface area contributed by atoms with Crippen LogP contribution in [0.5, 0.6) is 0 Å². The zero-order valence-corrected chi connectivity index (χ0v) is 14.5. The Morgan fingerprint density at radius 3 is 2.91 bits per heavy atom. The molecule has 0 radical (unpaired) electrons. The Labute approximate surface area is 140 Å². The number of nitrogens with zero attached hydrogens (tertiary/aromatic N) is 2. The van der Waals surface area contributed by atoms with Crippen LogP contribution in [-0.2, 0) is 9.47 Å². The van der Waals surface area contributed by atoms with E-state index in [0.717, 1.165) is 17.8 Å². The molecule has 0 saturated carbocycles. The minimum Gasteiger partial charge on any atom is -0.457 e. The molecule has 0 spiro atoms. The maximum atomic E-state index is 12.3. The van der Waals surface area contributed by atoms with Crippen LogP contribution < -0.4 is 0 Å². The van der Waals surface area contributed by atoms with E-state index in [1.807, 2.05) is 20.8 Å². The molecule has 2 rings (SSSR count). The molecule has 126 valence electrons. The molecular weight excluding hydrogens is 316 g/mol. The van der Waals surface area contributed by atoms with Crippen molar-refractivity contribution in [1.29, 1.82) is 0 Å². The van der Waals surface area contributed by atoms with Crippen LogP contribution in [0.3, 0.4) is 0 Å². The summed E-state index contributed by atoms with van der Waals surface area (Å²) in [7, 11) is 0. The molecule has 1 saturated heterocycles. The first-order valence-corrected chi connectivity index (χ1v) is 8.43. The van der Waals surface area contributed by atoms with Gasteiger partial charge < -0.3 is 9.47 Å². The fourth-order valence-electron chi connectivity index (χ4n) is 2.31. The Morgan fingerprint density at radius 1 is 1.52 bits per heavy atom. The van der Waals surface area contributed by atoms with Gasteiger partial charge in [0, 0.05) is 11.9 Å². The second kappa shape index (κ2) is 7.12. The Hall–Kier alpha value is -1.89. The molecule has 0 unspecified atom stereocenters. The Bertz CT molecular complexity index is 591. The summed E-state index contributed by atoms with van der Waals surface area (Å²) in [6.07, 6.45) is 2.87. The predicted octanol–water partition coefficient (Wildman–Crippen LogP) is 3.56. The summed E-state index contributed by atoms with van der Waals surface area (Å²) in [5.74, 6) is -0.478. The number of rotatable bonds is 4. The van der Waals surface area contributed by atoms with E-state index in [0.29, 0.717) is 6.54 Å². The summed E-state index contributed by atoms with van der Waals surface area (Å²) in [6, 6.07) is -0.143. The second-order valence-electron chi connectivity index (χ2n) is 6.29. The van der Waals surface area contributed by atoms with Gasteiger partial charge in [0.05, 0.1) is 6.04 Å². The molecule has 1 atom stereocenters. The molecule has 0 aromatic carbocycles. The number of esters is 1. The summed E-state index contributed by atoms with van der Waals surface area (Å²) >= 11 is 1.36. The third-order valence-electron chi connectivity index (χ3n) is 3.23. The van der Waals surface area contributed by atoms with Gasteiger partial charge in [0.25, 0.3) is 0 Å². The lowest BCUT2D eigenvalue weighted by Gasteiger charge is -2.27. The molecule has 1 aliphatic heterocycles. The lowest BCUT2D eigenvalue weighted by molar-refractivity contribution is 0.0224. The van der Waals surface area contributed by atoms with Gasteiger partial charge in [-0.15, -0.1) is 11.3 Å². The van der Waals surface area contributed by atoms with Gasteiger partial charge >= 0.3 is 12.1 Å². The zero-order chi connectivity index (χ0) is 17.0. The van der Waals surface area contributed by atoms with Crippen LogP contribution in [0, 0.1) is 0 Å². The van der Waals surface area contributed by atoms with Gasteiger partial charge in [-0.2, -0.15) is 0 Å². The lowest BCUT2D eigenvalue weighted by atomic mass is 10.2. The molecule has 1 aromatic heterocycles. The van der Waals surface area contributed by atoms with Crippen LogP contribution in [0.25, 0.3) is 0 Å². The fourth-order valence-corrected chi connectivity index (χ4v) is 3.24. The highest BCUT2D eigenvalue weighted by molar-refractivity contribution is 7.09. The molecule has 1 aromatic rings. The first kappa shape index (κ1) is 17.5. The minimum absolute atomic E-state index is 0.143. The van der Waals surface area contributed by atoms with Crippen LogP contribution >= 0.6 is 11.3 Å². The molecule has 0 N–H and O–H groups in total. The van der Waals surface area contributed by atoms with Gasteiger partial charge in [0.1, 0.15) is 17.2 Å². The van der Waals surface area contributed by atoms with Crippen molar-refractivity contribution in [3.05, 3.63) is 28.7 Å². The summed E-state index contributed by atoms with van der Waals surface area (Å²) in [5, 5.41) is 2.39. The standard InChI is InChI=1S/C16H22N2O4S/c1-5-9-21-14(19)11-10-23-13(17-11)12-7-6-8-18(12)15(20)22-16(2,3)4/h5,10,12H,1,6-9H2,2-4H3/t12-/m0/s1. The van der Waals surface area contributed by atoms with Crippen LogP contribution in [0.15, 0.2) is 18.0 Å². The molecule has 23 heavy (non-hydrogen) atoms. The molecule has 7 heteroatoms. The number of carbonyl (C=O) groups is 2. The van der Waals surface area contributed by atoms with Crippen molar-refractivity contribution in [2.75, 3.05) is 13.2 Å². The number of hydrogen-bond acceptors (Lipinski definition) is 6. The van der Waals surface area contributed by atoms with Crippen molar-refractivity contribution >= 4 is 23.4 Å². The van der Waals surface area contributed by atoms with Crippen LogP contribution in [0.1, 0.15) is 55.2 Å². The second-order valence-corrected chi connectivity index (χ2v) is 7.18. The first-order valence-electron chi connectivity index (χ1n) is 7.55. The molecule has 0 bridgehead atoms. The monoisotopic (exact) mass is 338 g/mol. The highest BCUT2D eigenvalue weighted by atomic mass is 32.1. The minimum atomic E-state index is -0.535. The predicted molar refractivity (Wildman–Crippen MR) is 87.5 cm³/mol. The van der Waals surface area contributed by atoms with Crippen molar-refractivity contribution < 1.29 is 19.1 Å². The smallest absolute Gasteiger partial charge is 0.410 e. The fraction of sp³-hybridized carbons (Fsp3) is 0.562. The lowest BCUT2D eigenvalue weighted by Crippen LogP contribution is -2.36. The SMILES string of the molecule is C=CCOC(=O)c1csc([C@@H]2CCCN2C(=O)OC(C)(C)C)n1. The van der Waals surface area contributed by atoms with Crippen molar-refractivity contribution in [2.24, 2.45) is 0 Å². The molecule has 1 fully saturated rings. The van der Waals surface area contributed by atoms with Crippen molar-refractivity contribution in [2.45, 2.75) is 45.3 Å². The van der Waals surface area contributed by atoms with E-state index in [1.165, 1.54) is 17.4 Å². The van der Waals surface area contributed by atoms with Crippen LogP contribution in [0.2, 0.25) is 0 Å². The largest absolute Gasteiger partial charge is 0.457 e. The van der Waals surface area contributed by atoms with Gasteiger partial charge in [-0.3, -0.25) is 4.90 Å². The van der Waals surface area contributed by atoms with Gasteiger partial charge in [0.15, 0.2) is 5.69 Å². The average molecular weight is 338 g/mol. The zero-order valence-electron chi connectivity index (χ0n) is 13.7. The van der Waals surface area contributed by atoms with E-state index < -0.39 is 11.6 Å². The highest BCUT2D eigenvalue weighted by Crippen LogP contribution is 2.34. The van der Waals surface area contributed by atoms with Gasteiger partial charge in [0.2, 0.25) is 0 Å². The topological polar surface area (TPSA) is 68.7 Å². The number of ether oxygens (including phenoxy) is 2. The number of amides is 1. The number of likely N-dealkylation sites (tertiary alicyclic amines) is 1. The maximum absolute atomic E-state index is 12.3. The normalized spacial score (nSPS) is 17.9. The van der Waals surface area contributed by atoms with Crippen molar-refractivity contribution in [1.82, 2.24) is 9.88 Å². The van der Waals surface area contributed by atoms with Crippen molar-refractivity contribution in [3.8, 4) is 0 Å². The first-order chi connectivity index (χ1) is 10.8. The number of thiazole rings is 1. The van der Waals surface area contributed by atoms with E-state index in [-0.39, 0.29) is 24.4 Å². The Balaban J connectivity index is 2.08. The molecule has 1 aliphatic rings. The quantitative estimate of drug-likeness (QED) is 0.620. The number of aromatic nitrogens is 1. The molecule has 0 aliphatic carbocycles. The van der Waals surface area contributed by atoms with E-state index in [2.05, 4.69) is 11.6 Å². The summed E-state index contributed by atoms with van der Waals surface area (Å²) < 4.78 is 10.4. The molecule has 6 nitrogen and oxygen atoms in total. The summed E-state index contributed by atoms with van der Waals surface area (Å²) in [4.78, 5) is 30.1. The summed E-state index contributed by atoms with van der Waals surface area (Å²) in [5.41, 5.74) is -0.268.